The fourth-order valence-electron chi connectivity index (χ4n) is 1.08. The highest BCUT2D eigenvalue weighted by molar-refractivity contribution is 5.95. The first-order valence-corrected chi connectivity index (χ1v) is 4.77. The largest absolute Gasteiger partial charge is 0.497 e. The minimum Gasteiger partial charge on any atom is -0.497 e. The third kappa shape index (κ3) is 3.83. The molecule has 0 aliphatic rings. The Morgan fingerprint density at radius 2 is 2.18 bits per heavy atom. The van der Waals surface area contributed by atoms with Crippen LogP contribution in [0.4, 0.5) is 0 Å². The molecule has 2 amide bonds. The average Bonchev–Trinajstić information content (AvgIpc) is 2.36. The van der Waals surface area contributed by atoms with E-state index < -0.39 is 11.8 Å². The first-order valence-electron chi connectivity index (χ1n) is 4.77. The van der Waals surface area contributed by atoms with Gasteiger partial charge in [-0.1, -0.05) is 6.07 Å². The van der Waals surface area contributed by atoms with Crippen LogP contribution in [0, 0.1) is 11.3 Å². The van der Waals surface area contributed by atoms with E-state index in [-0.39, 0.29) is 6.42 Å². The number of nitrogens with zero attached hydrogens (tertiary/aromatic N) is 1. The second-order valence-corrected chi connectivity index (χ2v) is 3.07. The topological polar surface area (TPSA) is 91.2 Å². The first kappa shape index (κ1) is 12.5. The number of hydrogen-bond donors (Lipinski definition) is 2. The van der Waals surface area contributed by atoms with Crippen molar-refractivity contribution in [3.63, 3.8) is 0 Å². The molecule has 0 aromatic heterocycles. The van der Waals surface area contributed by atoms with Crippen LogP contribution in [-0.4, -0.2) is 18.9 Å². The van der Waals surface area contributed by atoms with Gasteiger partial charge in [0.2, 0.25) is 0 Å². The molecular formula is C11H11N3O3. The van der Waals surface area contributed by atoms with Crippen LogP contribution in [0.25, 0.3) is 0 Å². The van der Waals surface area contributed by atoms with Gasteiger partial charge in [-0.05, 0) is 18.2 Å². The van der Waals surface area contributed by atoms with E-state index in [0.717, 1.165) is 0 Å². The average molecular weight is 233 g/mol. The van der Waals surface area contributed by atoms with Crippen molar-refractivity contribution in [2.75, 3.05) is 7.11 Å². The van der Waals surface area contributed by atoms with E-state index in [2.05, 4.69) is 10.9 Å². The van der Waals surface area contributed by atoms with E-state index in [1.807, 2.05) is 0 Å². The third-order valence-electron chi connectivity index (χ3n) is 1.89. The lowest BCUT2D eigenvalue weighted by molar-refractivity contribution is -0.120. The Kier molecular flexibility index (Phi) is 4.51. The van der Waals surface area contributed by atoms with Gasteiger partial charge in [-0.25, -0.2) is 0 Å². The van der Waals surface area contributed by atoms with Crippen LogP contribution in [0.15, 0.2) is 24.3 Å². The van der Waals surface area contributed by atoms with Gasteiger partial charge in [0.15, 0.2) is 0 Å². The molecule has 0 spiro atoms. The van der Waals surface area contributed by atoms with Crippen LogP contribution < -0.4 is 15.6 Å². The number of hydrogen-bond acceptors (Lipinski definition) is 4. The summed E-state index contributed by atoms with van der Waals surface area (Å²) in [7, 11) is 1.49. The van der Waals surface area contributed by atoms with E-state index >= 15 is 0 Å². The van der Waals surface area contributed by atoms with E-state index in [1.165, 1.54) is 13.2 Å². The zero-order valence-electron chi connectivity index (χ0n) is 9.19. The minimum atomic E-state index is -0.566. The lowest BCUT2D eigenvalue weighted by atomic mass is 10.2. The number of nitriles is 1. The smallest absolute Gasteiger partial charge is 0.269 e. The van der Waals surface area contributed by atoms with E-state index in [0.29, 0.717) is 11.3 Å². The Labute approximate surface area is 98.2 Å². The molecule has 1 aromatic rings. The van der Waals surface area contributed by atoms with Crippen molar-refractivity contribution in [2.24, 2.45) is 0 Å². The van der Waals surface area contributed by atoms with Gasteiger partial charge in [0, 0.05) is 5.56 Å². The minimum absolute atomic E-state index is 0.307. The highest BCUT2D eigenvalue weighted by atomic mass is 16.5. The maximum Gasteiger partial charge on any atom is 0.269 e. The number of carbonyl (C=O) groups excluding carboxylic acids is 2. The zero-order chi connectivity index (χ0) is 12.7. The van der Waals surface area contributed by atoms with Gasteiger partial charge in [0.05, 0.1) is 13.2 Å². The molecular weight excluding hydrogens is 222 g/mol. The lowest BCUT2D eigenvalue weighted by Crippen LogP contribution is -2.41. The Morgan fingerprint density at radius 3 is 2.82 bits per heavy atom. The van der Waals surface area contributed by atoms with Gasteiger partial charge in [-0.3, -0.25) is 20.4 Å². The van der Waals surface area contributed by atoms with Crippen molar-refractivity contribution in [2.45, 2.75) is 6.42 Å². The molecule has 6 heteroatoms. The summed E-state index contributed by atoms with van der Waals surface area (Å²) in [5.74, 6) is -0.500. The van der Waals surface area contributed by atoms with Crippen molar-refractivity contribution >= 4 is 11.8 Å². The highest BCUT2D eigenvalue weighted by Gasteiger charge is 2.07. The molecule has 0 saturated heterocycles. The number of rotatable bonds is 3. The van der Waals surface area contributed by atoms with Crippen molar-refractivity contribution in [1.82, 2.24) is 10.9 Å². The van der Waals surface area contributed by atoms with Crippen molar-refractivity contribution in [3.8, 4) is 11.8 Å². The fraction of sp³-hybridized carbons (Fsp3) is 0.182. The SMILES string of the molecule is COc1cccc(C(=O)NNC(=O)CC#N)c1. The van der Waals surface area contributed by atoms with Crippen molar-refractivity contribution in [3.05, 3.63) is 29.8 Å². The molecule has 0 aliphatic carbocycles. The van der Waals surface area contributed by atoms with Gasteiger partial charge in [-0.15, -0.1) is 0 Å². The van der Waals surface area contributed by atoms with Gasteiger partial charge in [0.25, 0.3) is 11.8 Å². The molecule has 17 heavy (non-hydrogen) atoms. The van der Waals surface area contributed by atoms with E-state index in [4.69, 9.17) is 10.00 Å². The summed E-state index contributed by atoms with van der Waals surface area (Å²) < 4.78 is 4.96. The summed E-state index contributed by atoms with van der Waals surface area (Å²) in [5.41, 5.74) is 4.66. The Morgan fingerprint density at radius 1 is 1.41 bits per heavy atom. The second kappa shape index (κ2) is 6.12. The predicted molar refractivity (Wildman–Crippen MR) is 58.8 cm³/mol. The molecule has 0 atom stereocenters. The number of hydrazine groups is 1. The summed E-state index contributed by atoms with van der Waals surface area (Å²) in [6.07, 6.45) is -0.307. The van der Waals surface area contributed by atoms with Crippen molar-refractivity contribution in [1.29, 1.82) is 5.26 Å². The Hall–Kier alpha value is -2.55. The number of amides is 2. The molecule has 0 fully saturated rings. The molecule has 0 unspecified atom stereocenters. The molecule has 0 saturated carbocycles. The van der Waals surface area contributed by atoms with Crippen LogP contribution in [0.1, 0.15) is 16.8 Å². The van der Waals surface area contributed by atoms with E-state index in [9.17, 15) is 9.59 Å². The number of carbonyl (C=O) groups is 2. The quantitative estimate of drug-likeness (QED) is 0.738. The Bertz CT molecular complexity index is 465. The van der Waals surface area contributed by atoms with Crippen LogP contribution in [0.2, 0.25) is 0 Å². The van der Waals surface area contributed by atoms with Crippen molar-refractivity contribution < 1.29 is 14.3 Å². The second-order valence-electron chi connectivity index (χ2n) is 3.07. The fourth-order valence-corrected chi connectivity index (χ4v) is 1.08. The predicted octanol–water partition coefficient (Wildman–Crippen LogP) is 0.370. The molecule has 0 bridgehead atoms. The van der Waals surface area contributed by atoms with Gasteiger partial charge in [0.1, 0.15) is 12.2 Å². The molecule has 0 aliphatic heterocycles. The number of ether oxygens (including phenoxy) is 1. The summed E-state index contributed by atoms with van der Waals surface area (Å²) in [4.78, 5) is 22.5. The summed E-state index contributed by atoms with van der Waals surface area (Å²) in [6, 6.07) is 8.13. The van der Waals surface area contributed by atoms with Gasteiger partial charge < -0.3 is 4.74 Å². The molecule has 6 nitrogen and oxygen atoms in total. The lowest BCUT2D eigenvalue weighted by Gasteiger charge is -2.06. The summed E-state index contributed by atoms with van der Waals surface area (Å²) >= 11 is 0. The number of methoxy groups -OCH3 is 1. The highest BCUT2D eigenvalue weighted by Crippen LogP contribution is 2.11. The zero-order valence-corrected chi connectivity index (χ0v) is 9.19. The Balaban J connectivity index is 2.58. The molecule has 2 N–H and O–H groups in total. The maximum atomic E-state index is 11.6. The standard InChI is InChI=1S/C11H11N3O3/c1-17-9-4-2-3-8(7-9)11(16)14-13-10(15)5-6-12/h2-4,7H,5H2,1H3,(H,13,15)(H,14,16). The maximum absolute atomic E-state index is 11.6. The van der Waals surface area contributed by atoms with Crippen LogP contribution in [0.5, 0.6) is 5.75 Å². The van der Waals surface area contributed by atoms with Crippen LogP contribution in [-0.2, 0) is 4.79 Å². The van der Waals surface area contributed by atoms with E-state index in [1.54, 1.807) is 24.3 Å². The molecule has 1 rings (SSSR count). The molecule has 0 radical (unpaired) electrons. The monoisotopic (exact) mass is 233 g/mol. The van der Waals surface area contributed by atoms with Crippen LogP contribution in [0.3, 0.4) is 0 Å². The third-order valence-corrected chi connectivity index (χ3v) is 1.89. The summed E-state index contributed by atoms with van der Waals surface area (Å²) in [6.45, 7) is 0. The normalized spacial score (nSPS) is 8.94. The van der Waals surface area contributed by atoms with Gasteiger partial charge >= 0.3 is 0 Å². The number of nitrogens with one attached hydrogen (secondary N) is 2. The number of benzene rings is 1. The molecule has 88 valence electrons. The summed E-state index contributed by atoms with van der Waals surface area (Å²) in [5, 5.41) is 8.25. The first-order chi connectivity index (χ1) is 8.17. The molecule has 1 aromatic carbocycles. The van der Waals surface area contributed by atoms with Gasteiger partial charge in [-0.2, -0.15) is 5.26 Å². The van der Waals surface area contributed by atoms with Crippen LogP contribution >= 0.6 is 0 Å². The molecule has 0 heterocycles.